The van der Waals surface area contributed by atoms with Crippen molar-refractivity contribution in [3.63, 3.8) is 0 Å². The molecule has 0 unspecified atom stereocenters. The van der Waals surface area contributed by atoms with Crippen LogP contribution in [0.2, 0.25) is 10.6 Å². The SMILES string of the molecule is C[C@H](C[Se][Se]C[C@@H](C)C(=O)N1CCC[C@H]1C(=O)N[C@@H](Cc1ccc(O)cc1)C(=O)O)C(=O)N1CCC[C@H]1C(=O)N[C@@H](Cc1ccc(O)cc1)C(=O)O. The summed E-state index contributed by atoms with van der Waals surface area (Å²) < 4.78 is 0. The van der Waals surface area contributed by atoms with Crippen molar-refractivity contribution in [2.45, 2.75) is 87.2 Å². The molecule has 2 aromatic rings. The molecule has 52 heavy (non-hydrogen) atoms. The molecule has 282 valence electrons. The van der Waals surface area contributed by atoms with Gasteiger partial charge in [0.25, 0.3) is 0 Å². The molecule has 6 atom stereocenters. The van der Waals surface area contributed by atoms with Crippen LogP contribution in [-0.4, -0.2) is 129 Å². The van der Waals surface area contributed by atoms with E-state index in [1.165, 1.54) is 24.3 Å². The molecule has 2 aliphatic rings. The fourth-order valence-electron chi connectivity index (χ4n) is 6.29. The molecule has 2 aliphatic heterocycles. The molecule has 0 spiro atoms. The number of nitrogens with zero attached hydrogens (tertiary/aromatic N) is 2. The van der Waals surface area contributed by atoms with Gasteiger partial charge in [0.1, 0.15) is 11.5 Å². The number of phenolic OH excluding ortho intramolecular Hbond substituents is 2. The first-order valence-electron chi connectivity index (χ1n) is 17.2. The van der Waals surface area contributed by atoms with E-state index < -0.39 is 47.9 Å². The van der Waals surface area contributed by atoms with Crippen LogP contribution in [0.25, 0.3) is 0 Å². The van der Waals surface area contributed by atoms with Crippen molar-refractivity contribution in [1.29, 1.82) is 0 Å². The normalized spacial score (nSPS) is 19.3. The van der Waals surface area contributed by atoms with Crippen molar-refractivity contribution in [3.05, 3.63) is 59.7 Å². The van der Waals surface area contributed by atoms with Gasteiger partial charge in [-0.25, -0.2) is 0 Å². The zero-order chi connectivity index (χ0) is 37.9. The van der Waals surface area contributed by atoms with Crippen LogP contribution < -0.4 is 10.6 Å². The van der Waals surface area contributed by atoms with Crippen LogP contribution >= 0.6 is 0 Å². The number of benzene rings is 2. The molecule has 0 aromatic heterocycles. The third-order valence-electron chi connectivity index (χ3n) is 9.22. The summed E-state index contributed by atoms with van der Waals surface area (Å²) in [6, 6.07) is 8.27. The first kappa shape index (κ1) is 40.7. The first-order valence-corrected chi connectivity index (χ1v) is 24.0. The first-order chi connectivity index (χ1) is 24.7. The van der Waals surface area contributed by atoms with Crippen molar-refractivity contribution in [2.75, 3.05) is 13.1 Å². The van der Waals surface area contributed by atoms with Crippen LogP contribution in [-0.2, 0) is 41.6 Å². The number of rotatable bonds is 17. The van der Waals surface area contributed by atoms with Gasteiger partial charge in [0.15, 0.2) is 0 Å². The predicted molar refractivity (Wildman–Crippen MR) is 192 cm³/mol. The second kappa shape index (κ2) is 19.1. The second-order valence-corrected chi connectivity index (χ2v) is 20.8. The van der Waals surface area contributed by atoms with Crippen LogP contribution in [0, 0.1) is 11.8 Å². The summed E-state index contributed by atoms with van der Waals surface area (Å²) >= 11 is 0.161. The van der Waals surface area contributed by atoms with Gasteiger partial charge in [-0.1, -0.05) is 0 Å². The van der Waals surface area contributed by atoms with E-state index >= 15 is 0 Å². The Morgan fingerprint density at radius 1 is 0.654 bits per heavy atom. The predicted octanol–water partition coefficient (Wildman–Crippen LogP) is 1.44. The molecule has 2 heterocycles. The molecule has 4 rings (SSSR count). The van der Waals surface area contributed by atoms with Gasteiger partial charge < -0.3 is 10.2 Å². The van der Waals surface area contributed by atoms with E-state index in [1.807, 2.05) is 13.8 Å². The van der Waals surface area contributed by atoms with E-state index in [0.29, 0.717) is 60.5 Å². The summed E-state index contributed by atoms with van der Waals surface area (Å²) in [7, 11) is 0. The quantitative estimate of drug-likeness (QED) is 0.0996. The van der Waals surface area contributed by atoms with Crippen molar-refractivity contribution in [2.24, 2.45) is 11.8 Å². The van der Waals surface area contributed by atoms with Crippen LogP contribution in [0.3, 0.4) is 0 Å². The minimum atomic E-state index is -1.19. The zero-order valence-electron chi connectivity index (χ0n) is 29.1. The van der Waals surface area contributed by atoms with Crippen molar-refractivity contribution >= 4 is 61.8 Å². The molecular weight excluding hydrogens is 806 g/mol. The number of carbonyl (C=O) groups is 6. The number of aliphatic carboxylic acids is 2. The van der Waals surface area contributed by atoms with Gasteiger partial charge in [0, 0.05) is 0 Å². The summed E-state index contributed by atoms with van der Waals surface area (Å²) in [5.74, 6) is -4.28. The van der Waals surface area contributed by atoms with E-state index in [4.69, 9.17) is 0 Å². The van der Waals surface area contributed by atoms with Gasteiger partial charge >= 0.3 is 293 Å². The van der Waals surface area contributed by atoms with Crippen molar-refractivity contribution < 1.29 is 49.2 Å². The number of phenols is 2. The summed E-state index contributed by atoms with van der Waals surface area (Å²) in [6.07, 6.45) is 2.20. The van der Waals surface area contributed by atoms with E-state index in [2.05, 4.69) is 10.6 Å². The van der Waals surface area contributed by atoms with Gasteiger partial charge in [0.05, 0.1) is 0 Å². The zero-order valence-corrected chi connectivity index (χ0v) is 32.5. The fraction of sp³-hybridized carbons (Fsp3) is 0.500. The fourth-order valence-corrected chi connectivity index (χ4v) is 14.7. The third kappa shape index (κ3) is 11.2. The maximum atomic E-state index is 13.4. The molecule has 0 saturated carbocycles. The minimum absolute atomic E-state index is 0.0306. The Bertz CT molecular complexity index is 1470. The standard InChI is InChI=1S/C36H46N4O10Se2/c1-21(33(45)39-15-3-5-29(39)31(43)37-27(35(47)48)17-23-7-11-25(41)12-8-23)19-51-52-20-22(2)34(46)40-16-4-6-30(40)32(44)38-28(36(49)50)18-24-9-13-26(42)14-10-24/h7-14,21-22,27-30,41-42H,3-6,15-20H2,1-2H3,(H,37,43)(H,38,44)(H,47,48)(H,49,50)/t21-,22-,27+,28+,29+,30+/m1/s1. The Kier molecular flexibility index (Phi) is 14.9. The number of carbonyl (C=O) groups excluding carboxylic acids is 4. The van der Waals surface area contributed by atoms with E-state index in [-0.39, 0.29) is 74.3 Å². The van der Waals surface area contributed by atoms with Crippen LogP contribution in [0.5, 0.6) is 11.5 Å². The molecule has 0 bridgehead atoms. The molecule has 16 heteroatoms. The Morgan fingerprint density at radius 3 is 1.33 bits per heavy atom. The summed E-state index contributed by atoms with van der Waals surface area (Å²) in [5.41, 5.74) is 1.27. The summed E-state index contributed by atoms with van der Waals surface area (Å²) in [5, 5.41) is 44.9. The molecule has 2 aromatic carbocycles. The number of hydrogen-bond acceptors (Lipinski definition) is 8. The number of carboxylic acid groups (broad SMARTS) is 2. The topological polar surface area (TPSA) is 214 Å². The summed E-state index contributed by atoms with van der Waals surface area (Å²) in [4.78, 5) is 80.2. The maximum absolute atomic E-state index is 13.4. The number of carboxylic acids is 2. The van der Waals surface area contributed by atoms with Gasteiger partial charge in [0.2, 0.25) is 0 Å². The molecule has 14 nitrogen and oxygen atoms in total. The van der Waals surface area contributed by atoms with Crippen LogP contribution in [0.15, 0.2) is 48.5 Å². The molecule has 0 aliphatic carbocycles. The number of aromatic hydroxyl groups is 2. The number of nitrogens with one attached hydrogen (secondary N) is 2. The Labute approximate surface area is 313 Å². The van der Waals surface area contributed by atoms with Crippen LogP contribution in [0.1, 0.15) is 50.7 Å². The van der Waals surface area contributed by atoms with Gasteiger partial charge in [-0.15, -0.1) is 0 Å². The van der Waals surface area contributed by atoms with Crippen molar-refractivity contribution in [3.8, 4) is 11.5 Å². The molecule has 2 saturated heterocycles. The molecule has 0 radical (unpaired) electrons. The number of hydrogen-bond donors (Lipinski definition) is 6. The van der Waals surface area contributed by atoms with Crippen LogP contribution in [0.4, 0.5) is 0 Å². The third-order valence-corrected chi connectivity index (χ3v) is 17.0. The van der Waals surface area contributed by atoms with E-state index in [9.17, 15) is 49.2 Å². The average Bonchev–Trinajstić information content (AvgIpc) is 3.81. The Hall–Kier alpha value is -4.10. The second-order valence-electron chi connectivity index (χ2n) is 13.3. The monoisotopic (exact) mass is 854 g/mol. The van der Waals surface area contributed by atoms with E-state index in [0.717, 1.165) is 0 Å². The Balaban J connectivity index is 1.22. The van der Waals surface area contributed by atoms with Gasteiger partial charge in [-0.3, -0.25) is 0 Å². The molecule has 6 N–H and O–H groups in total. The average molecular weight is 853 g/mol. The Morgan fingerprint density at radius 2 is 1.00 bits per heavy atom. The van der Waals surface area contributed by atoms with Gasteiger partial charge in [-0.05, 0) is 0 Å². The number of likely N-dealkylation sites (tertiary alicyclic amines) is 2. The molecular formula is C36H46N4O10Se2. The summed E-state index contributed by atoms with van der Waals surface area (Å²) in [6.45, 7) is 4.48. The number of amides is 4. The van der Waals surface area contributed by atoms with Gasteiger partial charge in [-0.2, -0.15) is 0 Å². The molecule has 2 fully saturated rings. The van der Waals surface area contributed by atoms with E-state index in [1.54, 1.807) is 34.1 Å². The molecule has 4 amide bonds. The van der Waals surface area contributed by atoms with Crippen molar-refractivity contribution in [1.82, 2.24) is 20.4 Å².